The number of carbonyl (C=O) groups is 2. The Balaban J connectivity index is 2.04. The predicted octanol–water partition coefficient (Wildman–Crippen LogP) is 1.95. The zero-order valence-corrected chi connectivity index (χ0v) is 11.1. The van der Waals surface area contributed by atoms with Gasteiger partial charge in [0.2, 0.25) is 0 Å². The van der Waals surface area contributed by atoms with Crippen LogP contribution in [0, 0.1) is 0 Å². The monoisotopic (exact) mass is 286 g/mol. The second-order valence-electron chi connectivity index (χ2n) is 4.45. The van der Waals surface area contributed by atoms with Crippen LogP contribution in [0.25, 0.3) is 0 Å². The second kappa shape index (κ2) is 6.67. The lowest BCUT2D eigenvalue weighted by molar-refractivity contribution is -0.146. The Kier molecular flexibility index (Phi) is 4.68. The maximum Gasteiger partial charge on any atom is 0.337 e. The minimum atomic E-state index is -1.64. The highest BCUT2D eigenvalue weighted by atomic mass is 16.5. The molecule has 0 heterocycles. The molecule has 0 aliphatic rings. The summed E-state index contributed by atoms with van der Waals surface area (Å²) in [6.07, 6.45) is -1.52. The van der Waals surface area contributed by atoms with Gasteiger partial charge in [-0.25, -0.2) is 4.79 Å². The molecule has 0 spiro atoms. The number of ether oxygens (including phenoxy) is 1. The van der Waals surface area contributed by atoms with Crippen LogP contribution in [0.2, 0.25) is 0 Å². The van der Waals surface area contributed by atoms with E-state index < -0.39 is 18.0 Å². The summed E-state index contributed by atoms with van der Waals surface area (Å²) in [5.74, 6) is -1.61. The number of carbonyl (C=O) groups excluding carboxylic acids is 1. The lowest BCUT2D eigenvalue weighted by Crippen LogP contribution is -2.13. The average molecular weight is 286 g/mol. The molecule has 0 radical (unpaired) electrons. The van der Waals surface area contributed by atoms with E-state index in [1.807, 2.05) is 30.3 Å². The van der Waals surface area contributed by atoms with Gasteiger partial charge in [-0.05, 0) is 23.3 Å². The number of aliphatic hydroxyl groups excluding tert-OH is 1. The Morgan fingerprint density at radius 2 is 1.76 bits per heavy atom. The van der Waals surface area contributed by atoms with Crippen LogP contribution >= 0.6 is 0 Å². The largest absolute Gasteiger partial charge is 0.479 e. The lowest BCUT2D eigenvalue weighted by atomic mass is 10.1. The van der Waals surface area contributed by atoms with Crippen LogP contribution in [-0.2, 0) is 16.0 Å². The molecule has 2 aromatic carbocycles. The third-order valence-electron chi connectivity index (χ3n) is 2.83. The Labute approximate surface area is 121 Å². The molecule has 0 bridgehead atoms. The Bertz CT molecular complexity index is 636. The van der Waals surface area contributed by atoms with E-state index in [4.69, 9.17) is 9.84 Å². The fourth-order valence-electron chi connectivity index (χ4n) is 1.82. The van der Waals surface area contributed by atoms with Crippen molar-refractivity contribution >= 4 is 11.9 Å². The van der Waals surface area contributed by atoms with Crippen molar-refractivity contribution in [2.75, 3.05) is 0 Å². The molecule has 0 saturated heterocycles. The van der Waals surface area contributed by atoms with Gasteiger partial charge in [-0.15, -0.1) is 0 Å². The zero-order chi connectivity index (χ0) is 15.2. The molecule has 0 fully saturated rings. The average Bonchev–Trinajstić information content (AvgIpc) is 2.47. The molecule has 1 unspecified atom stereocenters. The summed E-state index contributed by atoms with van der Waals surface area (Å²) in [5, 5.41) is 18.2. The van der Waals surface area contributed by atoms with E-state index >= 15 is 0 Å². The van der Waals surface area contributed by atoms with Crippen molar-refractivity contribution in [3.63, 3.8) is 0 Å². The van der Waals surface area contributed by atoms with E-state index in [2.05, 4.69) is 0 Å². The van der Waals surface area contributed by atoms with Crippen molar-refractivity contribution in [1.82, 2.24) is 0 Å². The van der Waals surface area contributed by atoms with Crippen molar-refractivity contribution in [1.29, 1.82) is 0 Å². The molecule has 0 aromatic heterocycles. The fourth-order valence-corrected chi connectivity index (χ4v) is 1.82. The number of aliphatic carboxylic acids is 1. The number of aliphatic hydroxyl groups is 1. The first-order chi connectivity index (χ1) is 10.1. The number of benzene rings is 2. The number of carboxylic acids is 1. The summed E-state index contributed by atoms with van der Waals surface area (Å²) in [7, 11) is 0. The van der Waals surface area contributed by atoms with Gasteiger partial charge in [0.1, 0.15) is 5.75 Å². The van der Waals surface area contributed by atoms with Crippen molar-refractivity contribution in [3.8, 4) is 5.75 Å². The second-order valence-corrected chi connectivity index (χ2v) is 4.45. The Hall–Kier alpha value is -2.66. The predicted molar refractivity (Wildman–Crippen MR) is 74.8 cm³/mol. The molecular formula is C16H14O5. The van der Waals surface area contributed by atoms with Crippen LogP contribution in [0.3, 0.4) is 0 Å². The highest BCUT2D eigenvalue weighted by Gasteiger charge is 2.16. The highest BCUT2D eigenvalue weighted by molar-refractivity contribution is 5.76. The summed E-state index contributed by atoms with van der Waals surface area (Å²) >= 11 is 0. The van der Waals surface area contributed by atoms with Crippen LogP contribution < -0.4 is 4.74 Å². The third-order valence-corrected chi connectivity index (χ3v) is 2.83. The number of carboxylic acid groups (broad SMARTS) is 1. The molecule has 0 amide bonds. The van der Waals surface area contributed by atoms with Crippen LogP contribution in [0.5, 0.6) is 5.75 Å². The Morgan fingerprint density at radius 1 is 1.05 bits per heavy atom. The molecule has 0 aliphatic heterocycles. The number of rotatable bonds is 5. The maximum absolute atomic E-state index is 11.8. The molecular weight excluding hydrogens is 272 g/mol. The van der Waals surface area contributed by atoms with Gasteiger partial charge in [-0.2, -0.15) is 0 Å². The van der Waals surface area contributed by atoms with Crippen LogP contribution in [0.1, 0.15) is 17.2 Å². The molecule has 108 valence electrons. The molecule has 2 aromatic rings. The molecule has 2 rings (SSSR count). The van der Waals surface area contributed by atoms with Crippen molar-refractivity contribution in [3.05, 3.63) is 65.7 Å². The fraction of sp³-hybridized carbons (Fsp3) is 0.125. The van der Waals surface area contributed by atoms with Crippen LogP contribution in [0.15, 0.2) is 54.6 Å². The van der Waals surface area contributed by atoms with Crippen LogP contribution in [-0.4, -0.2) is 22.2 Å². The van der Waals surface area contributed by atoms with E-state index in [1.165, 1.54) is 24.3 Å². The topological polar surface area (TPSA) is 83.8 Å². The molecule has 5 heteroatoms. The van der Waals surface area contributed by atoms with Gasteiger partial charge >= 0.3 is 11.9 Å². The van der Waals surface area contributed by atoms with Gasteiger partial charge in [0.15, 0.2) is 6.10 Å². The van der Waals surface area contributed by atoms with E-state index in [0.29, 0.717) is 0 Å². The zero-order valence-electron chi connectivity index (χ0n) is 11.1. The molecule has 1 atom stereocenters. The van der Waals surface area contributed by atoms with Crippen molar-refractivity contribution < 1.29 is 24.5 Å². The third kappa shape index (κ3) is 4.15. The van der Waals surface area contributed by atoms with E-state index in [9.17, 15) is 14.7 Å². The maximum atomic E-state index is 11.8. The number of esters is 1. The first-order valence-electron chi connectivity index (χ1n) is 6.31. The molecule has 0 saturated carbocycles. The van der Waals surface area contributed by atoms with Gasteiger partial charge in [0.25, 0.3) is 0 Å². The van der Waals surface area contributed by atoms with Gasteiger partial charge in [-0.3, -0.25) is 4.79 Å². The minimum absolute atomic E-state index is 0.118. The quantitative estimate of drug-likeness (QED) is 0.648. The summed E-state index contributed by atoms with van der Waals surface area (Å²) < 4.78 is 5.15. The van der Waals surface area contributed by atoms with Gasteiger partial charge < -0.3 is 14.9 Å². The van der Waals surface area contributed by atoms with Gasteiger partial charge in [0.05, 0.1) is 6.42 Å². The SMILES string of the molecule is O=C(Cc1ccccc1)Oc1cccc(C(O)C(=O)O)c1. The highest BCUT2D eigenvalue weighted by Crippen LogP contribution is 2.20. The molecule has 2 N–H and O–H groups in total. The first kappa shape index (κ1) is 14.7. The number of hydrogen-bond donors (Lipinski definition) is 2. The summed E-state index contributed by atoms with van der Waals surface area (Å²) in [4.78, 5) is 22.5. The smallest absolute Gasteiger partial charge is 0.337 e. The van der Waals surface area contributed by atoms with Crippen LogP contribution in [0.4, 0.5) is 0 Å². The van der Waals surface area contributed by atoms with E-state index in [1.54, 1.807) is 0 Å². The van der Waals surface area contributed by atoms with Crippen molar-refractivity contribution in [2.24, 2.45) is 0 Å². The van der Waals surface area contributed by atoms with E-state index in [0.717, 1.165) is 5.56 Å². The van der Waals surface area contributed by atoms with Gasteiger partial charge in [0, 0.05) is 0 Å². The lowest BCUT2D eigenvalue weighted by Gasteiger charge is -2.09. The summed E-state index contributed by atoms with van der Waals surface area (Å²) in [5.41, 5.74) is 0.983. The molecule has 5 nitrogen and oxygen atoms in total. The molecule has 0 aliphatic carbocycles. The standard InChI is InChI=1S/C16H14O5/c17-14(9-11-5-2-1-3-6-11)21-13-8-4-7-12(10-13)15(18)16(19)20/h1-8,10,15,18H,9H2,(H,19,20). The Morgan fingerprint density at radius 3 is 2.43 bits per heavy atom. The van der Waals surface area contributed by atoms with Gasteiger partial charge in [-0.1, -0.05) is 42.5 Å². The normalized spacial score (nSPS) is 11.7. The number of hydrogen-bond acceptors (Lipinski definition) is 4. The first-order valence-corrected chi connectivity index (χ1v) is 6.31. The van der Waals surface area contributed by atoms with Crippen molar-refractivity contribution in [2.45, 2.75) is 12.5 Å². The minimum Gasteiger partial charge on any atom is -0.479 e. The molecule has 21 heavy (non-hydrogen) atoms. The summed E-state index contributed by atoms with van der Waals surface area (Å²) in [6, 6.07) is 15.0. The van der Waals surface area contributed by atoms with E-state index in [-0.39, 0.29) is 17.7 Å². The summed E-state index contributed by atoms with van der Waals surface area (Å²) in [6.45, 7) is 0.